The van der Waals surface area contributed by atoms with Gasteiger partial charge < -0.3 is 15.2 Å². The minimum atomic E-state index is -0.437. The highest BCUT2D eigenvalue weighted by Gasteiger charge is 2.11. The van der Waals surface area contributed by atoms with Crippen molar-refractivity contribution in [3.63, 3.8) is 0 Å². The van der Waals surface area contributed by atoms with E-state index in [1.807, 2.05) is 30.3 Å². The van der Waals surface area contributed by atoms with E-state index < -0.39 is 5.97 Å². The molecule has 0 aromatic heterocycles. The number of hydrogen-bond donors (Lipinski definition) is 1. The predicted octanol–water partition coefficient (Wildman–Crippen LogP) is 2.73. The van der Waals surface area contributed by atoms with Gasteiger partial charge >= 0.3 is 5.97 Å². The minimum Gasteiger partial charge on any atom is -0.497 e. The number of benzene rings is 2. The van der Waals surface area contributed by atoms with Crippen LogP contribution in [0.3, 0.4) is 0 Å². The van der Waals surface area contributed by atoms with E-state index in [1.54, 1.807) is 19.2 Å². The predicted molar refractivity (Wildman–Crippen MR) is 74.2 cm³/mol. The highest BCUT2D eigenvalue weighted by atomic mass is 16.5. The Bertz CT molecular complexity index is 591. The highest BCUT2D eigenvalue weighted by Crippen LogP contribution is 2.26. The topological polar surface area (TPSA) is 61.5 Å². The second kappa shape index (κ2) is 5.44. The smallest absolute Gasteiger partial charge is 0.339 e. The molecule has 0 radical (unpaired) electrons. The summed E-state index contributed by atoms with van der Waals surface area (Å²) < 4.78 is 9.81. The third-order valence-electron chi connectivity index (χ3n) is 2.88. The fourth-order valence-corrected chi connectivity index (χ4v) is 1.81. The SMILES string of the molecule is COC(=O)c1cc(-c2ccc(OC)cc2)ccc1N. The molecule has 4 nitrogen and oxygen atoms in total. The van der Waals surface area contributed by atoms with Gasteiger partial charge in [0.15, 0.2) is 0 Å². The first-order chi connectivity index (χ1) is 9.15. The van der Waals surface area contributed by atoms with Crippen LogP contribution >= 0.6 is 0 Å². The van der Waals surface area contributed by atoms with Crippen LogP contribution in [0, 0.1) is 0 Å². The zero-order chi connectivity index (χ0) is 13.8. The van der Waals surface area contributed by atoms with Crippen LogP contribution in [0.1, 0.15) is 10.4 Å². The summed E-state index contributed by atoms with van der Waals surface area (Å²) >= 11 is 0. The van der Waals surface area contributed by atoms with E-state index in [0.29, 0.717) is 11.3 Å². The largest absolute Gasteiger partial charge is 0.497 e. The first kappa shape index (κ1) is 13.0. The number of carbonyl (C=O) groups is 1. The number of nitrogen functional groups attached to an aromatic ring is 1. The van der Waals surface area contributed by atoms with Gasteiger partial charge in [0.1, 0.15) is 5.75 Å². The molecule has 0 heterocycles. The molecule has 2 aromatic carbocycles. The minimum absolute atomic E-state index is 0.371. The van der Waals surface area contributed by atoms with Gasteiger partial charge in [-0.3, -0.25) is 0 Å². The molecule has 4 heteroatoms. The van der Waals surface area contributed by atoms with Gasteiger partial charge in [0.2, 0.25) is 0 Å². The van der Waals surface area contributed by atoms with Crippen LogP contribution in [-0.2, 0) is 4.74 Å². The summed E-state index contributed by atoms with van der Waals surface area (Å²) in [6, 6.07) is 12.9. The number of rotatable bonds is 3. The van der Waals surface area contributed by atoms with Crippen molar-refractivity contribution in [3.8, 4) is 16.9 Å². The molecule has 0 fully saturated rings. The third-order valence-corrected chi connectivity index (χ3v) is 2.88. The molecule has 0 saturated heterocycles. The molecule has 2 rings (SSSR count). The van der Waals surface area contributed by atoms with E-state index in [1.165, 1.54) is 7.11 Å². The first-order valence-electron chi connectivity index (χ1n) is 5.78. The van der Waals surface area contributed by atoms with Gasteiger partial charge in [0.25, 0.3) is 0 Å². The summed E-state index contributed by atoms with van der Waals surface area (Å²) in [6.07, 6.45) is 0. The van der Waals surface area contributed by atoms with E-state index in [-0.39, 0.29) is 0 Å². The Balaban J connectivity index is 2.42. The van der Waals surface area contributed by atoms with E-state index in [0.717, 1.165) is 16.9 Å². The van der Waals surface area contributed by atoms with E-state index in [2.05, 4.69) is 0 Å². The number of carbonyl (C=O) groups excluding carboxylic acids is 1. The van der Waals surface area contributed by atoms with Gasteiger partial charge in [-0.05, 0) is 35.4 Å². The van der Waals surface area contributed by atoms with Crippen LogP contribution < -0.4 is 10.5 Å². The Labute approximate surface area is 111 Å². The van der Waals surface area contributed by atoms with E-state index >= 15 is 0 Å². The monoisotopic (exact) mass is 257 g/mol. The van der Waals surface area contributed by atoms with Crippen molar-refractivity contribution in [2.75, 3.05) is 20.0 Å². The molecular formula is C15H15NO3. The average molecular weight is 257 g/mol. The number of hydrogen-bond acceptors (Lipinski definition) is 4. The normalized spacial score (nSPS) is 10.0. The van der Waals surface area contributed by atoms with Crippen LogP contribution in [0.2, 0.25) is 0 Å². The Morgan fingerprint density at radius 2 is 1.63 bits per heavy atom. The second-order valence-corrected chi connectivity index (χ2v) is 4.02. The quantitative estimate of drug-likeness (QED) is 0.678. The summed E-state index contributed by atoms with van der Waals surface area (Å²) in [4.78, 5) is 11.6. The number of esters is 1. The maximum absolute atomic E-state index is 11.6. The number of nitrogens with two attached hydrogens (primary N) is 1. The third kappa shape index (κ3) is 2.68. The van der Waals surface area contributed by atoms with Gasteiger partial charge in [0, 0.05) is 5.69 Å². The molecule has 0 aliphatic rings. The van der Waals surface area contributed by atoms with Crippen molar-refractivity contribution < 1.29 is 14.3 Å². The summed E-state index contributed by atoms with van der Waals surface area (Å²) in [5.74, 6) is 0.347. The molecule has 98 valence electrons. The van der Waals surface area contributed by atoms with Gasteiger partial charge in [-0.15, -0.1) is 0 Å². The van der Waals surface area contributed by atoms with Crippen LogP contribution in [0.4, 0.5) is 5.69 Å². The van der Waals surface area contributed by atoms with Crippen molar-refractivity contribution in [1.29, 1.82) is 0 Å². The lowest BCUT2D eigenvalue weighted by Gasteiger charge is -2.08. The fraction of sp³-hybridized carbons (Fsp3) is 0.133. The molecule has 0 aliphatic heterocycles. The molecule has 0 aliphatic carbocycles. The summed E-state index contributed by atoms with van der Waals surface area (Å²) in [6.45, 7) is 0. The van der Waals surface area contributed by atoms with Gasteiger partial charge in [-0.1, -0.05) is 18.2 Å². The zero-order valence-electron chi connectivity index (χ0n) is 10.8. The Morgan fingerprint density at radius 3 is 2.21 bits per heavy atom. The van der Waals surface area contributed by atoms with Gasteiger partial charge in [-0.2, -0.15) is 0 Å². The van der Waals surface area contributed by atoms with Gasteiger partial charge in [-0.25, -0.2) is 4.79 Å². The molecule has 2 N–H and O–H groups in total. The van der Waals surface area contributed by atoms with Crippen molar-refractivity contribution in [2.45, 2.75) is 0 Å². The Kier molecular flexibility index (Phi) is 3.71. The van der Waals surface area contributed by atoms with Crippen molar-refractivity contribution in [3.05, 3.63) is 48.0 Å². The molecule has 0 amide bonds. The molecule has 0 saturated carbocycles. The maximum Gasteiger partial charge on any atom is 0.339 e. The number of methoxy groups -OCH3 is 2. The van der Waals surface area contributed by atoms with Gasteiger partial charge in [0.05, 0.1) is 19.8 Å². The molecule has 19 heavy (non-hydrogen) atoms. The lowest BCUT2D eigenvalue weighted by atomic mass is 10.0. The zero-order valence-corrected chi connectivity index (χ0v) is 10.8. The summed E-state index contributed by atoms with van der Waals surface area (Å²) in [5, 5.41) is 0. The second-order valence-electron chi connectivity index (χ2n) is 4.02. The molecule has 0 bridgehead atoms. The molecule has 2 aromatic rings. The van der Waals surface area contributed by atoms with E-state index in [9.17, 15) is 4.79 Å². The van der Waals surface area contributed by atoms with Crippen molar-refractivity contribution >= 4 is 11.7 Å². The van der Waals surface area contributed by atoms with Crippen LogP contribution in [-0.4, -0.2) is 20.2 Å². The fourth-order valence-electron chi connectivity index (χ4n) is 1.81. The molecule has 0 atom stereocenters. The highest BCUT2D eigenvalue weighted by molar-refractivity contribution is 5.96. The lowest BCUT2D eigenvalue weighted by molar-refractivity contribution is 0.0602. The lowest BCUT2D eigenvalue weighted by Crippen LogP contribution is -2.05. The number of anilines is 1. The Hall–Kier alpha value is -2.49. The summed E-state index contributed by atoms with van der Waals surface area (Å²) in [7, 11) is 2.95. The first-order valence-corrected chi connectivity index (χ1v) is 5.78. The Morgan fingerprint density at radius 1 is 1.00 bits per heavy atom. The molecular weight excluding hydrogens is 242 g/mol. The van der Waals surface area contributed by atoms with Crippen LogP contribution in [0.15, 0.2) is 42.5 Å². The average Bonchev–Trinajstić information content (AvgIpc) is 2.47. The van der Waals surface area contributed by atoms with E-state index in [4.69, 9.17) is 15.2 Å². The van der Waals surface area contributed by atoms with Crippen molar-refractivity contribution in [1.82, 2.24) is 0 Å². The van der Waals surface area contributed by atoms with Crippen LogP contribution in [0.5, 0.6) is 5.75 Å². The molecule has 0 unspecified atom stereocenters. The standard InChI is InChI=1S/C15H15NO3/c1-18-12-6-3-10(4-7-12)11-5-8-14(16)13(9-11)15(17)19-2/h3-9H,16H2,1-2H3. The maximum atomic E-state index is 11.6. The summed E-state index contributed by atoms with van der Waals surface area (Å²) in [5.41, 5.74) is 8.42. The number of ether oxygens (including phenoxy) is 2. The molecule has 0 spiro atoms. The van der Waals surface area contributed by atoms with Crippen LogP contribution in [0.25, 0.3) is 11.1 Å². The van der Waals surface area contributed by atoms with Crippen molar-refractivity contribution in [2.24, 2.45) is 0 Å².